The fourth-order valence-corrected chi connectivity index (χ4v) is 2.79. The molecule has 0 aliphatic rings. The van der Waals surface area contributed by atoms with Crippen molar-refractivity contribution >= 4 is 33.5 Å². The molecule has 0 radical (unpaired) electrons. The number of hydrogen-bond donors (Lipinski definition) is 0. The van der Waals surface area contributed by atoms with Gasteiger partial charge < -0.3 is 4.52 Å². The Hall–Kier alpha value is -1.39. The quantitative estimate of drug-likeness (QED) is 0.635. The van der Waals surface area contributed by atoms with Crippen LogP contribution in [0.25, 0.3) is 11.1 Å². The van der Waals surface area contributed by atoms with Gasteiger partial charge in [0.2, 0.25) is 0 Å². The number of rotatable bonds is 3. The number of carbonyl (C=O) groups is 1. The topological polar surface area (TPSA) is 43.4 Å². The maximum absolute atomic E-state index is 12.0. The first-order chi connectivity index (χ1) is 9.56. The van der Waals surface area contributed by atoms with Gasteiger partial charge in [-0.05, 0) is 48.6 Å². The first kappa shape index (κ1) is 17.7. The van der Waals surface area contributed by atoms with Crippen LogP contribution in [0.4, 0.5) is 0 Å². The Labute approximate surface area is 138 Å². The standard InChI is InChI=1S/C16H15O3P.Li.H/c1-10-9-11(2)15(16(17)19-20-18)12(3)14(10)13-7-5-4-6-8-13;;/h4-9H,1-3H3;;. The van der Waals surface area contributed by atoms with E-state index in [-0.39, 0.29) is 18.9 Å². The van der Waals surface area contributed by atoms with Gasteiger partial charge in [-0.3, -0.25) is 0 Å². The van der Waals surface area contributed by atoms with Gasteiger partial charge in [-0.25, -0.2) is 9.36 Å². The molecule has 2 rings (SSSR count). The molecular formula is C16H16LiO3P. The molecule has 0 amide bonds. The second-order valence-corrected chi connectivity index (χ2v) is 5.04. The summed E-state index contributed by atoms with van der Waals surface area (Å²) in [6.07, 6.45) is 0. The van der Waals surface area contributed by atoms with Gasteiger partial charge in [-0.2, -0.15) is 0 Å². The van der Waals surface area contributed by atoms with Crippen molar-refractivity contribution in [3.8, 4) is 11.1 Å². The molecule has 0 saturated heterocycles. The number of carbonyl (C=O) groups excluding carboxylic acids is 1. The van der Waals surface area contributed by atoms with E-state index in [4.69, 9.17) is 0 Å². The van der Waals surface area contributed by atoms with Crippen LogP contribution in [-0.2, 0) is 9.09 Å². The summed E-state index contributed by atoms with van der Waals surface area (Å²) in [5, 5.41) is 0. The van der Waals surface area contributed by atoms with Crippen LogP contribution in [-0.4, -0.2) is 24.8 Å². The Morgan fingerprint density at radius 1 is 1.05 bits per heavy atom. The fourth-order valence-electron chi connectivity index (χ4n) is 2.63. The van der Waals surface area contributed by atoms with Gasteiger partial charge in [0.05, 0.1) is 5.56 Å². The first-order valence-corrected chi connectivity index (χ1v) is 6.99. The van der Waals surface area contributed by atoms with E-state index in [9.17, 15) is 9.36 Å². The second-order valence-electron chi connectivity index (χ2n) is 4.70. The minimum absolute atomic E-state index is 0. The molecule has 0 aliphatic heterocycles. The van der Waals surface area contributed by atoms with Crippen molar-refractivity contribution in [3.63, 3.8) is 0 Å². The molecule has 0 spiro atoms. The van der Waals surface area contributed by atoms with Gasteiger partial charge in [-0.15, -0.1) is 0 Å². The molecule has 0 aliphatic carbocycles. The van der Waals surface area contributed by atoms with E-state index in [1.807, 2.05) is 57.2 Å². The average molecular weight is 294 g/mol. The van der Waals surface area contributed by atoms with Crippen molar-refractivity contribution in [3.05, 3.63) is 58.7 Å². The van der Waals surface area contributed by atoms with Crippen molar-refractivity contribution in [1.29, 1.82) is 0 Å². The predicted octanol–water partition coefficient (Wildman–Crippen LogP) is 3.99. The van der Waals surface area contributed by atoms with Gasteiger partial charge in [0.15, 0.2) is 0 Å². The maximum atomic E-state index is 12.0. The third-order valence-corrected chi connectivity index (χ3v) is 3.60. The Morgan fingerprint density at radius 2 is 1.67 bits per heavy atom. The minimum atomic E-state index is -0.627. The van der Waals surface area contributed by atoms with Gasteiger partial charge in [-0.1, -0.05) is 36.4 Å². The zero-order chi connectivity index (χ0) is 14.7. The van der Waals surface area contributed by atoms with Gasteiger partial charge in [0.1, 0.15) is 0 Å². The summed E-state index contributed by atoms with van der Waals surface area (Å²) in [5.74, 6) is -0.561. The molecule has 0 aromatic heterocycles. The van der Waals surface area contributed by atoms with E-state index < -0.39 is 14.7 Å². The normalized spacial score (nSPS) is 10.0. The average Bonchev–Trinajstić information content (AvgIpc) is 2.39. The van der Waals surface area contributed by atoms with Crippen molar-refractivity contribution in [2.24, 2.45) is 0 Å². The van der Waals surface area contributed by atoms with Gasteiger partial charge >= 0.3 is 33.5 Å². The SMILES string of the molecule is Cc1cc(C)c(-c2ccccc2)c(C)c1C(=O)OP=O.[LiH]. The van der Waals surface area contributed by atoms with Crippen molar-refractivity contribution in [2.75, 3.05) is 0 Å². The summed E-state index contributed by atoms with van der Waals surface area (Å²) in [4.78, 5) is 12.0. The monoisotopic (exact) mass is 294 g/mol. The van der Waals surface area contributed by atoms with E-state index in [2.05, 4.69) is 4.52 Å². The van der Waals surface area contributed by atoms with E-state index in [1.165, 1.54) is 0 Å². The zero-order valence-corrected chi connectivity index (χ0v) is 12.5. The molecule has 3 nitrogen and oxygen atoms in total. The van der Waals surface area contributed by atoms with Crippen LogP contribution in [0.5, 0.6) is 0 Å². The zero-order valence-electron chi connectivity index (χ0n) is 11.6. The summed E-state index contributed by atoms with van der Waals surface area (Å²) < 4.78 is 15.1. The van der Waals surface area contributed by atoms with Crippen LogP contribution in [0.3, 0.4) is 0 Å². The Balaban J connectivity index is 0.00000220. The third-order valence-electron chi connectivity index (χ3n) is 3.36. The summed E-state index contributed by atoms with van der Waals surface area (Å²) in [7, 11) is -0.627. The molecule has 104 valence electrons. The van der Waals surface area contributed by atoms with Crippen LogP contribution >= 0.6 is 8.69 Å². The summed E-state index contributed by atoms with van der Waals surface area (Å²) >= 11 is 0. The number of benzene rings is 2. The van der Waals surface area contributed by atoms with Crippen molar-refractivity contribution < 1.29 is 13.9 Å². The van der Waals surface area contributed by atoms with Gasteiger partial charge in [0.25, 0.3) is 0 Å². The molecule has 0 fully saturated rings. The third kappa shape index (κ3) is 3.63. The fraction of sp³-hybridized carbons (Fsp3) is 0.188. The molecular weight excluding hydrogens is 278 g/mol. The first-order valence-electron chi connectivity index (χ1n) is 6.26. The van der Waals surface area contributed by atoms with E-state index in [1.54, 1.807) is 0 Å². The summed E-state index contributed by atoms with van der Waals surface area (Å²) in [6, 6.07) is 11.8. The van der Waals surface area contributed by atoms with Crippen molar-refractivity contribution in [2.45, 2.75) is 20.8 Å². The molecule has 0 saturated carbocycles. The summed E-state index contributed by atoms with van der Waals surface area (Å²) in [5.41, 5.74) is 5.33. The molecule has 21 heavy (non-hydrogen) atoms. The van der Waals surface area contributed by atoms with E-state index in [0.717, 1.165) is 27.8 Å². The molecule has 0 atom stereocenters. The Morgan fingerprint density at radius 3 is 2.24 bits per heavy atom. The molecule has 0 bridgehead atoms. The molecule has 0 unspecified atom stereocenters. The summed E-state index contributed by atoms with van der Waals surface area (Å²) in [6.45, 7) is 5.76. The molecule has 0 N–H and O–H groups in total. The van der Waals surface area contributed by atoms with Crippen LogP contribution in [0, 0.1) is 20.8 Å². The van der Waals surface area contributed by atoms with Gasteiger partial charge in [0, 0.05) is 0 Å². The molecule has 5 heteroatoms. The number of hydrogen-bond acceptors (Lipinski definition) is 3. The Bertz CT molecular complexity index is 669. The van der Waals surface area contributed by atoms with Crippen LogP contribution in [0.2, 0.25) is 0 Å². The Kier molecular flexibility index (Phi) is 6.36. The van der Waals surface area contributed by atoms with Crippen LogP contribution < -0.4 is 0 Å². The van der Waals surface area contributed by atoms with Crippen LogP contribution in [0.1, 0.15) is 27.0 Å². The predicted molar refractivity (Wildman–Crippen MR) is 86.3 cm³/mol. The molecule has 0 heterocycles. The van der Waals surface area contributed by atoms with E-state index >= 15 is 0 Å². The molecule has 2 aromatic carbocycles. The van der Waals surface area contributed by atoms with Crippen molar-refractivity contribution in [1.82, 2.24) is 0 Å². The molecule has 2 aromatic rings. The van der Waals surface area contributed by atoms with Crippen LogP contribution in [0.15, 0.2) is 36.4 Å². The van der Waals surface area contributed by atoms with E-state index in [0.29, 0.717) is 5.56 Å². The second kappa shape index (κ2) is 7.57. The number of aryl methyl sites for hydroxylation is 2.